The lowest BCUT2D eigenvalue weighted by molar-refractivity contribution is 0.237. The second-order valence-electron chi connectivity index (χ2n) is 6.30. The molecule has 2 amide bonds. The molecule has 1 aliphatic heterocycles. The number of hydrogen-bond donors (Lipinski definition) is 2. The standard InChI is InChI=1S/C19H22N4O2/c20-10-16-4-1-2-5-17(16)14-23-8-7-15(13-23)11-21-19(24)22-12-18-6-3-9-25-18/h1-6,9,15H,7-8,11-14H2,(H2,21,22,24)/t15-/m0/s1. The number of urea groups is 1. The molecule has 6 nitrogen and oxygen atoms in total. The van der Waals surface area contributed by atoms with E-state index in [4.69, 9.17) is 4.42 Å². The van der Waals surface area contributed by atoms with Crippen LogP contribution in [0.5, 0.6) is 0 Å². The van der Waals surface area contributed by atoms with Crippen LogP contribution in [-0.4, -0.2) is 30.6 Å². The molecular formula is C19H22N4O2. The van der Waals surface area contributed by atoms with E-state index in [2.05, 4.69) is 21.6 Å². The van der Waals surface area contributed by atoms with Crippen molar-refractivity contribution in [2.24, 2.45) is 5.92 Å². The molecule has 2 N–H and O–H groups in total. The molecule has 0 radical (unpaired) electrons. The van der Waals surface area contributed by atoms with Crippen molar-refractivity contribution in [1.82, 2.24) is 15.5 Å². The van der Waals surface area contributed by atoms with Gasteiger partial charge in [0, 0.05) is 19.6 Å². The molecule has 1 atom stereocenters. The van der Waals surface area contributed by atoms with E-state index in [9.17, 15) is 10.1 Å². The summed E-state index contributed by atoms with van der Waals surface area (Å²) in [6.45, 7) is 3.74. The third kappa shape index (κ3) is 4.85. The molecule has 1 aliphatic rings. The van der Waals surface area contributed by atoms with Crippen LogP contribution in [0, 0.1) is 17.2 Å². The van der Waals surface area contributed by atoms with Gasteiger partial charge in [-0.15, -0.1) is 0 Å². The number of rotatable bonds is 6. The summed E-state index contributed by atoms with van der Waals surface area (Å²) in [6.07, 6.45) is 2.64. The third-order valence-electron chi connectivity index (χ3n) is 4.46. The smallest absolute Gasteiger partial charge is 0.315 e. The van der Waals surface area contributed by atoms with Gasteiger partial charge in [0.1, 0.15) is 5.76 Å². The topological polar surface area (TPSA) is 81.3 Å². The molecule has 0 bridgehead atoms. The normalized spacial score (nSPS) is 17.2. The van der Waals surface area contributed by atoms with Gasteiger partial charge in [-0.25, -0.2) is 4.79 Å². The number of amides is 2. The van der Waals surface area contributed by atoms with Gasteiger partial charge in [-0.05, 0) is 42.6 Å². The van der Waals surface area contributed by atoms with Crippen molar-refractivity contribution in [2.45, 2.75) is 19.5 Å². The molecule has 2 heterocycles. The minimum Gasteiger partial charge on any atom is -0.467 e. The van der Waals surface area contributed by atoms with E-state index in [0.29, 0.717) is 19.0 Å². The maximum absolute atomic E-state index is 11.8. The molecule has 6 heteroatoms. The van der Waals surface area contributed by atoms with Gasteiger partial charge in [-0.1, -0.05) is 18.2 Å². The molecule has 130 valence electrons. The van der Waals surface area contributed by atoms with Gasteiger partial charge in [0.15, 0.2) is 0 Å². The van der Waals surface area contributed by atoms with Crippen LogP contribution in [-0.2, 0) is 13.1 Å². The fourth-order valence-corrected chi connectivity index (χ4v) is 3.11. The van der Waals surface area contributed by atoms with Gasteiger partial charge in [-0.3, -0.25) is 4.90 Å². The Kier molecular flexibility index (Phi) is 5.70. The van der Waals surface area contributed by atoms with E-state index in [0.717, 1.165) is 42.9 Å². The van der Waals surface area contributed by atoms with Crippen LogP contribution in [0.15, 0.2) is 47.1 Å². The number of nitriles is 1. The average molecular weight is 338 g/mol. The molecule has 1 aromatic heterocycles. The Hall–Kier alpha value is -2.78. The highest BCUT2D eigenvalue weighted by Crippen LogP contribution is 2.19. The second-order valence-corrected chi connectivity index (χ2v) is 6.30. The summed E-state index contributed by atoms with van der Waals surface area (Å²) < 4.78 is 5.18. The quantitative estimate of drug-likeness (QED) is 0.848. The Labute approximate surface area is 147 Å². The van der Waals surface area contributed by atoms with E-state index >= 15 is 0 Å². The Morgan fingerprint density at radius 3 is 2.96 bits per heavy atom. The number of likely N-dealkylation sites (tertiary alicyclic amines) is 1. The molecule has 1 saturated heterocycles. The summed E-state index contributed by atoms with van der Waals surface area (Å²) in [4.78, 5) is 14.2. The van der Waals surface area contributed by atoms with E-state index in [1.165, 1.54) is 0 Å². The maximum atomic E-state index is 11.8. The summed E-state index contributed by atoms with van der Waals surface area (Å²) in [5.74, 6) is 1.17. The van der Waals surface area contributed by atoms with E-state index < -0.39 is 0 Å². The summed E-state index contributed by atoms with van der Waals surface area (Å²) >= 11 is 0. The first kappa shape index (κ1) is 17.1. The van der Waals surface area contributed by atoms with E-state index in [-0.39, 0.29) is 6.03 Å². The highest BCUT2D eigenvalue weighted by Gasteiger charge is 2.23. The molecule has 2 aromatic rings. The minimum absolute atomic E-state index is 0.176. The zero-order valence-corrected chi connectivity index (χ0v) is 14.1. The Bertz CT molecular complexity index is 736. The fourth-order valence-electron chi connectivity index (χ4n) is 3.11. The summed E-state index contributed by atoms with van der Waals surface area (Å²) in [5.41, 5.74) is 1.80. The highest BCUT2D eigenvalue weighted by atomic mass is 16.3. The lowest BCUT2D eigenvalue weighted by Crippen LogP contribution is -2.38. The van der Waals surface area contributed by atoms with Crippen LogP contribution in [0.2, 0.25) is 0 Å². The van der Waals surface area contributed by atoms with Crippen molar-refractivity contribution >= 4 is 6.03 Å². The number of carbonyl (C=O) groups excluding carboxylic acids is 1. The van der Waals surface area contributed by atoms with Crippen LogP contribution in [0.25, 0.3) is 0 Å². The predicted octanol–water partition coefficient (Wildman–Crippen LogP) is 2.47. The maximum Gasteiger partial charge on any atom is 0.315 e. The second kappa shape index (κ2) is 8.36. The zero-order valence-electron chi connectivity index (χ0n) is 14.1. The largest absolute Gasteiger partial charge is 0.467 e. The van der Waals surface area contributed by atoms with Gasteiger partial charge in [0.2, 0.25) is 0 Å². The van der Waals surface area contributed by atoms with Crippen molar-refractivity contribution in [3.05, 3.63) is 59.5 Å². The number of benzene rings is 1. The molecule has 0 spiro atoms. The first-order valence-corrected chi connectivity index (χ1v) is 8.49. The molecule has 0 aliphatic carbocycles. The van der Waals surface area contributed by atoms with Gasteiger partial charge in [0.05, 0.1) is 24.4 Å². The number of carbonyl (C=O) groups is 1. The summed E-state index contributed by atoms with van der Waals surface area (Å²) in [7, 11) is 0. The highest BCUT2D eigenvalue weighted by molar-refractivity contribution is 5.73. The molecule has 25 heavy (non-hydrogen) atoms. The van der Waals surface area contributed by atoms with Crippen molar-refractivity contribution in [3.8, 4) is 6.07 Å². The van der Waals surface area contributed by atoms with Gasteiger partial charge < -0.3 is 15.1 Å². The van der Waals surface area contributed by atoms with Crippen LogP contribution in [0.4, 0.5) is 4.79 Å². The van der Waals surface area contributed by atoms with Crippen LogP contribution in [0.3, 0.4) is 0 Å². The zero-order chi connectivity index (χ0) is 17.5. The first-order chi connectivity index (χ1) is 12.2. The Morgan fingerprint density at radius 1 is 1.28 bits per heavy atom. The SMILES string of the molecule is N#Cc1ccccc1CN1CC[C@@H](CNC(=O)NCc2ccco2)C1. The van der Waals surface area contributed by atoms with Crippen molar-refractivity contribution in [2.75, 3.05) is 19.6 Å². The summed E-state index contributed by atoms with van der Waals surface area (Å²) in [5, 5.41) is 14.9. The average Bonchev–Trinajstić information content (AvgIpc) is 3.30. The number of nitrogens with one attached hydrogen (secondary N) is 2. The van der Waals surface area contributed by atoms with Crippen molar-refractivity contribution < 1.29 is 9.21 Å². The lowest BCUT2D eigenvalue weighted by atomic mass is 10.1. The van der Waals surface area contributed by atoms with Crippen molar-refractivity contribution in [3.63, 3.8) is 0 Å². The van der Waals surface area contributed by atoms with Crippen LogP contribution >= 0.6 is 0 Å². The molecule has 0 saturated carbocycles. The predicted molar refractivity (Wildman–Crippen MR) is 93.5 cm³/mol. The van der Waals surface area contributed by atoms with E-state index in [1.807, 2.05) is 30.3 Å². The molecule has 1 fully saturated rings. The third-order valence-corrected chi connectivity index (χ3v) is 4.46. The molecule has 1 aromatic carbocycles. The molecular weight excluding hydrogens is 316 g/mol. The van der Waals surface area contributed by atoms with E-state index in [1.54, 1.807) is 12.3 Å². The van der Waals surface area contributed by atoms with Crippen molar-refractivity contribution in [1.29, 1.82) is 5.26 Å². The number of furan rings is 1. The Morgan fingerprint density at radius 2 is 2.16 bits per heavy atom. The number of hydrogen-bond acceptors (Lipinski definition) is 4. The minimum atomic E-state index is -0.176. The molecule has 0 unspecified atom stereocenters. The van der Waals surface area contributed by atoms with Gasteiger partial charge in [0.25, 0.3) is 0 Å². The monoisotopic (exact) mass is 338 g/mol. The van der Waals surface area contributed by atoms with Crippen LogP contribution < -0.4 is 10.6 Å². The Balaban J connectivity index is 1.39. The summed E-state index contributed by atoms with van der Waals surface area (Å²) in [6, 6.07) is 13.4. The van der Waals surface area contributed by atoms with Crippen LogP contribution in [0.1, 0.15) is 23.3 Å². The van der Waals surface area contributed by atoms with Gasteiger partial charge >= 0.3 is 6.03 Å². The first-order valence-electron chi connectivity index (χ1n) is 8.49. The molecule has 3 rings (SSSR count). The lowest BCUT2D eigenvalue weighted by Gasteiger charge is -2.17. The number of nitrogens with zero attached hydrogens (tertiary/aromatic N) is 2. The van der Waals surface area contributed by atoms with Gasteiger partial charge in [-0.2, -0.15) is 5.26 Å². The fraction of sp³-hybridized carbons (Fsp3) is 0.368.